The Kier molecular flexibility index (Phi) is 3.44. The van der Waals surface area contributed by atoms with E-state index in [1.165, 1.54) is 0 Å². The zero-order chi connectivity index (χ0) is 15.0. The Morgan fingerprint density at radius 1 is 1.29 bits per heavy atom. The maximum Gasteiger partial charge on any atom is 0.228 e. The molecule has 2 aliphatic rings. The van der Waals surface area contributed by atoms with Crippen LogP contribution in [0, 0.1) is 0 Å². The van der Waals surface area contributed by atoms with Crippen LogP contribution in [-0.2, 0) is 19.4 Å². The Labute approximate surface area is 122 Å². The molecule has 2 N–H and O–H groups in total. The van der Waals surface area contributed by atoms with E-state index in [1.54, 1.807) is 12.1 Å². The van der Waals surface area contributed by atoms with Gasteiger partial charge in [0.15, 0.2) is 9.84 Å². The van der Waals surface area contributed by atoms with Gasteiger partial charge in [-0.2, -0.15) is 0 Å². The lowest BCUT2D eigenvalue weighted by atomic mass is 9.89. The Hall–Kier alpha value is -1.89. The highest BCUT2D eigenvalue weighted by Crippen LogP contribution is 2.32. The van der Waals surface area contributed by atoms with Crippen molar-refractivity contribution in [3.8, 4) is 0 Å². The molecule has 2 aliphatic heterocycles. The summed E-state index contributed by atoms with van der Waals surface area (Å²) in [5, 5.41) is 5.50. The molecule has 0 saturated carbocycles. The molecular weight excluding hydrogens is 292 g/mol. The van der Waals surface area contributed by atoms with E-state index in [0.29, 0.717) is 12.1 Å². The van der Waals surface area contributed by atoms with E-state index in [4.69, 9.17) is 0 Å². The zero-order valence-corrected chi connectivity index (χ0v) is 12.2. The van der Waals surface area contributed by atoms with Gasteiger partial charge in [0.2, 0.25) is 11.8 Å². The van der Waals surface area contributed by atoms with Crippen LogP contribution in [0.1, 0.15) is 24.3 Å². The molecule has 2 unspecified atom stereocenters. The molecule has 0 aromatic heterocycles. The summed E-state index contributed by atoms with van der Waals surface area (Å²) in [5.41, 5.74) is 1.42. The summed E-state index contributed by atoms with van der Waals surface area (Å²) in [6, 6.07) is 6.83. The van der Waals surface area contributed by atoms with Gasteiger partial charge in [0, 0.05) is 18.2 Å². The molecule has 0 bridgehead atoms. The summed E-state index contributed by atoms with van der Waals surface area (Å²) in [7, 11) is -3.04. The molecule has 21 heavy (non-hydrogen) atoms. The highest BCUT2D eigenvalue weighted by Gasteiger charge is 2.34. The van der Waals surface area contributed by atoms with Gasteiger partial charge in [0.1, 0.15) is 0 Å². The van der Waals surface area contributed by atoms with Crippen LogP contribution in [0.5, 0.6) is 0 Å². The molecule has 2 heterocycles. The molecule has 1 aromatic rings. The second-order valence-corrected chi connectivity index (χ2v) is 7.73. The minimum Gasteiger partial charge on any atom is -0.352 e. The Bertz CT molecular complexity index is 699. The highest BCUT2D eigenvalue weighted by molar-refractivity contribution is 7.91. The monoisotopic (exact) mass is 308 g/mol. The molecule has 112 valence electrons. The van der Waals surface area contributed by atoms with Crippen molar-refractivity contribution in [3.05, 3.63) is 29.8 Å². The van der Waals surface area contributed by atoms with Crippen LogP contribution in [0.15, 0.2) is 24.3 Å². The molecule has 1 saturated heterocycles. The lowest BCUT2D eigenvalue weighted by Gasteiger charge is -2.25. The van der Waals surface area contributed by atoms with Gasteiger partial charge in [-0.15, -0.1) is 0 Å². The van der Waals surface area contributed by atoms with Crippen LogP contribution in [-0.4, -0.2) is 37.8 Å². The van der Waals surface area contributed by atoms with Gasteiger partial charge in [0.25, 0.3) is 0 Å². The second-order valence-electron chi connectivity index (χ2n) is 5.50. The number of carbonyl (C=O) groups is 2. The smallest absolute Gasteiger partial charge is 0.228 e. The summed E-state index contributed by atoms with van der Waals surface area (Å²) in [5.74, 6) is -0.940. The van der Waals surface area contributed by atoms with Crippen LogP contribution in [0.4, 0.5) is 5.69 Å². The van der Waals surface area contributed by atoms with Crippen LogP contribution in [0.25, 0.3) is 0 Å². The first-order valence-corrected chi connectivity index (χ1v) is 8.66. The van der Waals surface area contributed by atoms with E-state index < -0.39 is 15.8 Å². The van der Waals surface area contributed by atoms with Crippen molar-refractivity contribution in [2.75, 3.05) is 16.8 Å². The number of carbonyl (C=O) groups excluding carboxylic acids is 2. The molecule has 7 heteroatoms. The number of rotatable bonds is 2. The summed E-state index contributed by atoms with van der Waals surface area (Å²) >= 11 is 0. The lowest BCUT2D eigenvalue weighted by molar-refractivity contribution is -0.126. The number of nitrogens with one attached hydrogen (secondary N) is 2. The second kappa shape index (κ2) is 5.14. The summed E-state index contributed by atoms with van der Waals surface area (Å²) < 4.78 is 22.9. The lowest BCUT2D eigenvalue weighted by Crippen LogP contribution is -2.41. The molecule has 0 aliphatic carbocycles. The normalized spacial score (nSPS) is 26.8. The summed E-state index contributed by atoms with van der Waals surface area (Å²) in [4.78, 5) is 24.1. The maximum atomic E-state index is 12.4. The predicted octanol–water partition coefficient (Wildman–Crippen LogP) is 0.416. The topological polar surface area (TPSA) is 92.3 Å². The maximum absolute atomic E-state index is 12.4. The van der Waals surface area contributed by atoms with Gasteiger partial charge in [-0.25, -0.2) is 8.42 Å². The predicted molar refractivity (Wildman–Crippen MR) is 77.6 cm³/mol. The number of anilines is 1. The fraction of sp³-hybridized carbons (Fsp3) is 0.429. The van der Waals surface area contributed by atoms with Crippen molar-refractivity contribution in [2.24, 2.45) is 0 Å². The number of hydrogen-bond acceptors (Lipinski definition) is 4. The van der Waals surface area contributed by atoms with Crippen molar-refractivity contribution in [2.45, 2.75) is 24.8 Å². The average molecular weight is 308 g/mol. The molecule has 1 fully saturated rings. The van der Waals surface area contributed by atoms with Gasteiger partial charge in [-0.3, -0.25) is 9.59 Å². The molecule has 1 aromatic carbocycles. The van der Waals surface area contributed by atoms with E-state index in [9.17, 15) is 18.0 Å². The van der Waals surface area contributed by atoms with Crippen molar-refractivity contribution in [1.82, 2.24) is 5.32 Å². The zero-order valence-electron chi connectivity index (χ0n) is 11.3. The van der Waals surface area contributed by atoms with Gasteiger partial charge in [-0.05, 0) is 18.1 Å². The fourth-order valence-electron chi connectivity index (χ4n) is 2.86. The summed E-state index contributed by atoms with van der Waals surface area (Å²) in [6.45, 7) is 0. The first-order valence-electron chi connectivity index (χ1n) is 6.84. The molecule has 2 amide bonds. The minimum atomic E-state index is -3.04. The number of amides is 2. The fourth-order valence-corrected chi connectivity index (χ4v) is 4.53. The van der Waals surface area contributed by atoms with Gasteiger partial charge in [0.05, 0.1) is 17.4 Å². The summed E-state index contributed by atoms with van der Waals surface area (Å²) in [6.07, 6.45) is 0.525. The van der Waals surface area contributed by atoms with E-state index in [0.717, 1.165) is 5.56 Å². The quantitative estimate of drug-likeness (QED) is 0.828. The van der Waals surface area contributed by atoms with E-state index in [-0.39, 0.29) is 35.8 Å². The van der Waals surface area contributed by atoms with Crippen LogP contribution < -0.4 is 10.6 Å². The van der Waals surface area contributed by atoms with Crippen molar-refractivity contribution >= 4 is 27.3 Å². The Morgan fingerprint density at radius 2 is 2.05 bits per heavy atom. The third-order valence-corrected chi connectivity index (χ3v) is 5.66. The third kappa shape index (κ3) is 2.92. The minimum absolute atomic E-state index is 0.0146. The molecule has 0 spiro atoms. The molecule has 3 rings (SSSR count). The molecule has 2 atom stereocenters. The molecule has 0 radical (unpaired) electrons. The average Bonchev–Trinajstić information content (AvgIpc) is 2.76. The van der Waals surface area contributed by atoms with Crippen molar-refractivity contribution in [3.63, 3.8) is 0 Å². The van der Waals surface area contributed by atoms with E-state index in [1.807, 2.05) is 12.1 Å². The largest absolute Gasteiger partial charge is 0.352 e. The number of benzene rings is 1. The van der Waals surface area contributed by atoms with Gasteiger partial charge < -0.3 is 10.6 Å². The van der Waals surface area contributed by atoms with E-state index >= 15 is 0 Å². The number of sulfone groups is 1. The third-order valence-electron chi connectivity index (χ3n) is 3.90. The standard InChI is InChI=1S/C14H16N2O4S/c17-13-7-11(10-3-1-2-4-12(10)16-13)14(18)15-9-5-6-21(19,20)8-9/h1-4,9,11H,5-8H2,(H,15,18)(H,16,17). The van der Waals surface area contributed by atoms with Crippen LogP contribution in [0.3, 0.4) is 0 Å². The number of hydrogen-bond donors (Lipinski definition) is 2. The van der Waals surface area contributed by atoms with Crippen LogP contribution >= 0.6 is 0 Å². The molecule has 6 nitrogen and oxygen atoms in total. The highest BCUT2D eigenvalue weighted by atomic mass is 32.2. The van der Waals surface area contributed by atoms with Gasteiger partial charge in [-0.1, -0.05) is 18.2 Å². The molecular formula is C14H16N2O4S. The Balaban J connectivity index is 1.78. The number of fused-ring (bicyclic) bond motifs is 1. The van der Waals surface area contributed by atoms with E-state index in [2.05, 4.69) is 10.6 Å². The van der Waals surface area contributed by atoms with Gasteiger partial charge >= 0.3 is 0 Å². The number of para-hydroxylation sites is 1. The first kappa shape index (κ1) is 14.1. The Morgan fingerprint density at radius 3 is 2.76 bits per heavy atom. The first-order chi connectivity index (χ1) is 9.94. The van der Waals surface area contributed by atoms with Crippen molar-refractivity contribution in [1.29, 1.82) is 0 Å². The van der Waals surface area contributed by atoms with Crippen LogP contribution in [0.2, 0.25) is 0 Å². The SMILES string of the molecule is O=C1CC(C(=O)NC2CCS(=O)(=O)C2)c2ccccc2N1. The van der Waals surface area contributed by atoms with Crippen molar-refractivity contribution < 1.29 is 18.0 Å².